The van der Waals surface area contributed by atoms with Crippen molar-refractivity contribution in [2.24, 2.45) is 11.5 Å². The van der Waals surface area contributed by atoms with Gasteiger partial charge in [0.05, 0.1) is 18.6 Å². The molecule has 0 saturated carbocycles. The summed E-state index contributed by atoms with van der Waals surface area (Å²) in [5.41, 5.74) is 10.9. The maximum Gasteiger partial charge on any atom is 0.352 e. The van der Waals surface area contributed by atoms with Crippen LogP contribution in [0.1, 0.15) is 11.1 Å². The summed E-state index contributed by atoms with van der Waals surface area (Å²) in [5.74, 6) is -2.15. The standard InChI is InChI=1S/C27H27F2N7O5/c1-32(2)13-19-18(16-7-9-17(10-8-16)36(39)40)14-33-25(19)26(37)35(23(30)11-12-24(31)41-3)27(38)34(33)15-20-21(28)5-4-6-22(20)29/h4-12,14H,13,15,30-31H2,1-3H3/b23-11+,24-12+. The second-order valence-electron chi connectivity index (χ2n) is 9.30. The smallest absolute Gasteiger partial charge is 0.352 e. The normalized spacial score (nSPS) is 12.3. The molecule has 0 fully saturated rings. The molecule has 4 N–H and O–H groups in total. The van der Waals surface area contributed by atoms with Crippen LogP contribution in [0.4, 0.5) is 14.5 Å². The van der Waals surface area contributed by atoms with Crippen LogP contribution in [0.15, 0.2) is 76.3 Å². The first-order valence-corrected chi connectivity index (χ1v) is 12.1. The van der Waals surface area contributed by atoms with E-state index in [0.29, 0.717) is 21.3 Å². The molecule has 2 aromatic heterocycles. The summed E-state index contributed by atoms with van der Waals surface area (Å²) in [5, 5.41) is 11.2. The number of non-ortho nitro benzene ring substituents is 1. The van der Waals surface area contributed by atoms with Crippen molar-refractivity contribution < 1.29 is 18.4 Å². The molecule has 0 unspecified atom stereocenters. The summed E-state index contributed by atoms with van der Waals surface area (Å²) in [6.45, 7) is -0.391. The van der Waals surface area contributed by atoms with Gasteiger partial charge in [0.2, 0.25) is 0 Å². The Hall–Kier alpha value is -5.24. The number of nitro groups is 1. The van der Waals surface area contributed by atoms with Gasteiger partial charge in [-0.2, -0.15) is 0 Å². The molecule has 4 aromatic rings. The van der Waals surface area contributed by atoms with Gasteiger partial charge in [-0.3, -0.25) is 19.4 Å². The monoisotopic (exact) mass is 567 g/mol. The molecule has 2 aromatic carbocycles. The lowest BCUT2D eigenvalue weighted by molar-refractivity contribution is -0.384. The molecule has 0 aliphatic heterocycles. The Balaban J connectivity index is 2.12. The lowest BCUT2D eigenvalue weighted by Crippen LogP contribution is -2.44. The molecule has 12 nitrogen and oxygen atoms in total. The fourth-order valence-corrected chi connectivity index (χ4v) is 4.35. The quantitative estimate of drug-likeness (QED) is 0.135. The highest BCUT2D eigenvalue weighted by atomic mass is 19.1. The molecule has 0 aliphatic carbocycles. The predicted molar refractivity (Wildman–Crippen MR) is 149 cm³/mol. The van der Waals surface area contributed by atoms with Gasteiger partial charge in [-0.05, 0) is 50.0 Å². The summed E-state index contributed by atoms with van der Waals surface area (Å²) in [4.78, 5) is 40.1. The fraction of sp³-hybridized carbons (Fsp3) is 0.185. The number of fused-ring (bicyclic) bond motifs is 1. The summed E-state index contributed by atoms with van der Waals surface area (Å²) < 4.78 is 37.2. The number of methoxy groups -OCH3 is 1. The molecule has 0 saturated heterocycles. The van der Waals surface area contributed by atoms with E-state index in [-0.39, 0.29) is 29.5 Å². The number of nitro benzene ring substituents is 1. The van der Waals surface area contributed by atoms with Crippen LogP contribution < -0.4 is 22.7 Å². The minimum atomic E-state index is -0.982. The van der Waals surface area contributed by atoms with Crippen molar-refractivity contribution in [1.82, 2.24) is 18.7 Å². The molecule has 0 radical (unpaired) electrons. The fourth-order valence-electron chi connectivity index (χ4n) is 4.35. The van der Waals surface area contributed by atoms with E-state index in [9.17, 15) is 28.5 Å². The first-order valence-electron chi connectivity index (χ1n) is 12.1. The zero-order valence-corrected chi connectivity index (χ0v) is 22.4. The molecule has 0 aliphatic rings. The first kappa shape index (κ1) is 28.8. The average Bonchev–Trinajstić information content (AvgIpc) is 3.29. The van der Waals surface area contributed by atoms with Crippen molar-refractivity contribution in [3.05, 3.63) is 120 Å². The van der Waals surface area contributed by atoms with Crippen molar-refractivity contribution in [3.8, 4) is 11.1 Å². The Labute approximate surface area is 231 Å². The third-order valence-electron chi connectivity index (χ3n) is 6.31. The molecule has 14 heteroatoms. The van der Waals surface area contributed by atoms with Crippen molar-refractivity contribution in [1.29, 1.82) is 0 Å². The number of hydrogen-bond acceptors (Lipinski definition) is 8. The van der Waals surface area contributed by atoms with Gasteiger partial charge in [-0.1, -0.05) is 6.07 Å². The van der Waals surface area contributed by atoms with E-state index in [1.807, 2.05) is 0 Å². The molecule has 41 heavy (non-hydrogen) atoms. The van der Waals surface area contributed by atoms with E-state index >= 15 is 0 Å². The molecule has 0 spiro atoms. The molecule has 0 bridgehead atoms. The van der Waals surface area contributed by atoms with E-state index in [1.54, 1.807) is 19.0 Å². The number of nitrogens with zero attached hydrogens (tertiary/aromatic N) is 5. The number of allylic oxidation sites excluding steroid dienone is 2. The first-order chi connectivity index (χ1) is 19.4. The van der Waals surface area contributed by atoms with Gasteiger partial charge < -0.3 is 21.1 Å². The lowest BCUT2D eigenvalue weighted by atomic mass is 10.0. The summed E-state index contributed by atoms with van der Waals surface area (Å²) in [6.07, 6.45) is 3.91. The Bertz CT molecular complexity index is 1800. The van der Waals surface area contributed by atoms with Gasteiger partial charge in [0, 0.05) is 47.6 Å². The van der Waals surface area contributed by atoms with Gasteiger partial charge in [0.25, 0.3) is 11.2 Å². The Morgan fingerprint density at radius 1 is 1.05 bits per heavy atom. The minimum Gasteiger partial charge on any atom is -0.483 e. The van der Waals surface area contributed by atoms with Crippen molar-refractivity contribution >= 4 is 17.0 Å². The van der Waals surface area contributed by atoms with E-state index in [0.717, 1.165) is 16.8 Å². The predicted octanol–water partition coefficient (Wildman–Crippen LogP) is 2.43. The average molecular weight is 568 g/mol. The van der Waals surface area contributed by atoms with E-state index in [4.69, 9.17) is 16.2 Å². The van der Waals surface area contributed by atoms with Crippen LogP contribution in [-0.2, 0) is 17.8 Å². The van der Waals surface area contributed by atoms with Crippen LogP contribution in [0.25, 0.3) is 22.5 Å². The third kappa shape index (κ3) is 5.58. The summed E-state index contributed by atoms with van der Waals surface area (Å²) in [6, 6.07) is 8.94. The second kappa shape index (κ2) is 11.5. The highest BCUT2D eigenvalue weighted by molar-refractivity contribution is 5.77. The van der Waals surface area contributed by atoms with E-state index in [2.05, 4.69) is 0 Å². The highest BCUT2D eigenvalue weighted by Gasteiger charge is 2.24. The van der Waals surface area contributed by atoms with Gasteiger partial charge in [-0.15, -0.1) is 0 Å². The minimum absolute atomic E-state index is 0.00319. The number of benzene rings is 2. The van der Waals surface area contributed by atoms with E-state index < -0.39 is 39.9 Å². The van der Waals surface area contributed by atoms with Gasteiger partial charge in [0.1, 0.15) is 23.0 Å². The molecule has 2 heterocycles. The Morgan fingerprint density at radius 3 is 2.24 bits per heavy atom. The topological polar surface area (TPSA) is 156 Å². The van der Waals surface area contributed by atoms with Gasteiger partial charge >= 0.3 is 5.69 Å². The lowest BCUT2D eigenvalue weighted by Gasteiger charge is -2.16. The maximum absolute atomic E-state index is 14.7. The molecule has 4 rings (SSSR count). The van der Waals surface area contributed by atoms with Crippen LogP contribution in [0.3, 0.4) is 0 Å². The van der Waals surface area contributed by atoms with Crippen molar-refractivity contribution in [3.63, 3.8) is 0 Å². The molecular weight excluding hydrogens is 540 g/mol. The Morgan fingerprint density at radius 2 is 1.68 bits per heavy atom. The maximum atomic E-state index is 14.7. The SMILES string of the molecule is CO/C(N)=C/C=C(\N)n1c(=O)c2c(CN(C)C)c(-c3ccc([N+](=O)[O-])cc3)cn2n(Cc2c(F)cccc2F)c1=O. The van der Waals surface area contributed by atoms with E-state index in [1.165, 1.54) is 60.3 Å². The molecular formula is C27H27F2N7O5. The van der Waals surface area contributed by atoms with Crippen LogP contribution in [0.5, 0.6) is 0 Å². The third-order valence-corrected chi connectivity index (χ3v) is 6.31. The molecule has 214 valence electrons. The number of nitrogens with two attached hydrogens (primary N) is 2. The summed E-state index contributed by atoms with van der Waals surface area (Å²) >= 11 is 0. The summed E-state index contributed by atoms with van der Waals surface area (Å²) in [7, 11) is 4.84. The zero-order chi connectivity index (χ0) is 30.0. The van der Waals surface area contributed by atoms with Crippen LogP contribution >= 0.6 is 0 Å². The molecule has 0 amide bonds. The van der Waals surface area contributed by atoms with Crippen LogP contribution in [-0.4, -0.2) is 44.8 Å². The number of hydrogen-bond donors (Lipinski definition) is 2. The highest BCUT2D eigenvalue weighted by Crippen LogP contribution is 2.30. The van der Waals surface area contributed by atoms with Crippen LogP contribution in [0, 0.1) is 21.7 Å². The van der Waals surface area contributed by atoms with Gasteiger partial charge in [0.15, 0.2) is 5.88 Å². The number of rotatable bonds is 9. The molecule has 0 atom stereocenters. The zero-order valence-electron chi connectivity index (χ0n) is 22.4. The van der Waals surface area contributed by atoms with Gasteiger partial charge in [-0.25, -0.2) is 22.8 Å². The number of halogens is 2. The van der Waals surface area contributed by atoms with Crippen molar-refractivity contribution in [2.75, 3.05) is 21.2 Å². The largest absolute Gasteiger partial charge is 0.483 e. The number of aromatic nitrogens is 3. The Kier molecular flexibility index (Phi) is 8.05. The second-order valence-corrected chi connectivity index (χ2v) is 9.30. The van der Waals surface area contributed by atoms with Crippen molar-refractivity contribution in [2.45, 2.75) is 13.1 Å². The number of ether oxygens (including phenoxy) is 1. The van der Waals surface area contributed by atoms with Crippen LogP contribution in [0.2, 0.25) is 0 Å².